The lowest BCUT2D eigenvalue weighted by molar-refractivity contribution is -0.0382. The minimum absolute atomic E-state index is 0.374. The standard InChI is InChI=1S/C14H21NO2/c1-10-3-4-14(16-2)13(5-10)12(7-15)6-11-8-17-9-11/h3-5,11-12H,6-9,15H2,1-2H3. The van der Waals surface area contributed by atoms with Crippen molar-refractivity contribution < 1.29 is 9.47 Å². The Morgan fingerprint density at radius 1 is 1.47 bits per heavy atom. The van der Waals surface area contributed by atoms with Crippen molar-refractivity contribution in [1.82, 2.24) is 0 Å². The second-order valence-corrected chi connectivity index (χ2v) is 4.82. The lowest BCUT2D eigenvalue weighted by Gasteiger charge is -2.30. The highest BCUT2D eigenvalue weighted by atomic mass is 16.5. The predicted molar refractivity (Wildman–Crippen MR) is 68.5 cm³/mol. The fourth-order valence-corrected chi connectivity index (χ4v) is 2.35. The van der Waals surface area contributed by atoms with Gasteiger partial charge in [0.2, 0.25) is 0 Å². The molecule has 3 heteroatoms. The van der Waals surface area contributed by atoms with Crippen molar-refractivity contribution >= 4 is 0 Å². The van der Waals surface area contributed by atoms with Gasteiger partial charge in [-0.2, -0.15) is 0 Å². The Morgan fingerprint density at radius 3 is 2.76 bits per heavy atom. The van der Waals surface area contributed by atoms with Gasteiger partial charge in [-0.3, -0.25) is 0 Å². The van der Waals surface area contributed by atoms with Crippen LogP contribution in [0, 0.1) is 12.8 Å². The molecule has 0 aromatic heterocycles. The van der Waals surface area contributed by atoms with Gasteiger partial charge in [0.1, 0.15) is 5.75 Å². The van der Waals surface area contributed by atoms with Gasteiger partial charge in [0, 0.05) is 11.8 Å². The summed E-state index contributed by atoms with van der Waals surface area (Å²) in [5.41, 5.74) is 8.40. The number of hydrogen-bond acceptors (Lipinski definition) is 3. The van der Waals surface area contributed by atoms with Gasteiger partial charge in [0.05, 0.1) is 20.3 Å². The molecule has 0 bridgehead atoms. The van der Waals surface area contributed by atoms with Crippen LogP contribution < -0.4 is 10.5 Å². The minimum atomic E-state index is 0.374. The van der Waals surface area contributed by atoms with Gasteiger partial charge < -0.3 is 15.2 Å². The SMILES string of the molecule is COc1ccc(C)cc1C(CN)CC1COC1. The molecular weight excluding hydrogens is 214 g/mol. The molecule has 94 valence electrons. The van der Waals surface area contributed by atoms with Crippen LogP contribution in [0.5, 0.6) is 5.75 Å². The minimum Gasteiger partial charge on any atom is -0.496 e. The van der Waals surface area contributed by atoms with E-state index in [0.717, 1.165) is 25.4 Å². The van der Waals surface area contributed by atoms with Crippen LogP contribution in [0.4, 0.5) is 0 Å². The van der Waals surface area contributed by atoms with E-state index < -0.39 is 0 Å². The van der Waals surface area contributed by atoms with Crippen LogP contribution in [0.1, 0.15) is 23.5 Å². The Labute approximate surface area is 103 Å². The summed E-state index contributed by atoms with van der Waals surface area (Å²) in [6.45, 7) is 4.52. The molecular formula is C14H21NO2. The number of ether oxygens (including phenoxy) is 2. The Bertz CT molecular complexity index is 374. The number of aryl methyl sites for hydroxylation is 1. The van der Waals surface area contributed by atoms with Crippen LogP contribution in [0.3, 0.4) is 0 Å². The normalized spacial score (nSPS) is 17.6. The maximum absolute atomic E-state index is 5.91. The molecule has 0 spiro atoms. The average molecular weight is 235 g/mol. The second-order valence-electron chi connectivity index (χ2n) is 4.82. The smallest absolute Gasteiger partial charge is 0.122 e. The van der Waals surface area contributed by atoms with Crippen LogP contribution >= 0.6 is 0 Å². The molecule has 1 atom stereocenters. The van der Waals surface area contributed by atoms with Gasteiger partial charge in [-0.05, 0) is 31.5 Å². The molecule has 17 heavy (non-hydrogen) atoms. The molecule has 1 aromatic rings. The number of rotatable bonds is 5. The van der Waals surface area contributed by atoms with E-state index in [1.54, 1.807) is 7.11 Å². The molecule has 1 aliphatic rings. The molecule has 0 saturated carbocycles. The monoisotopic (exact) mass is 235 g/mol. The summed E-state index contributed by atoms with van der Waals surface area (Å²) in [5.74, 6) is 1.99. The molecule has 1 aliphatic heterocycles. The number of benzene rings is 1. The van der Waals surface area contributed by atoms with Crippen LogP contribution in [-0.2, 0) is 4.74 Å². The second kappa shape index (κ2) is 5.52. The van der Waals surface area contributed by atoms with E-state index in [9.17, 15) is 0 Å². The first kappa shape index (κ1) is 12.4. The molecule has 2 rings (SSSR count). The quantitative estimate of drug-likeness (QED) is 0.850. The molecule has 1 heterocycles. The first-order chi connectivity index (χ1) is 8.24. The highest BCUT2D eigenvalue weighted by Gasteiger charge is 2.24. The molecule has 0 aliphatic carbocycles. The first-order valence-corrected chi connectivity index (χ1v) is 6.17. The van der Waals surface area contributed by atoms with Crippen molar-refractivity contribution in [3.8, 4) is 5.75 Å². The summed E-state index contributed by atoms with van der Waals surface area (Å²) in [7, 11) is 1.72. The van der Waals surface area contributed by atoms with Crippen molar-refractivity contribution in [2.45, 2.75) is 19.3 Å². The van der Waals surface area contributed by atoms with E-state index in [1.807, 2.05) is 6.07 Å². The number of nitrogens with two attached hydrogens (primary N) is 1. The van der Waals surface area contributed by atoms with Crippen LogP contribution in [0.2, 0.25) is 0 Å². The molecule has 1 unspecified atom stereocenters. The summed E-state index contributed by atoms with van der Waals surface area (Å²) >= 11 is 0. The Hall–Kier alpha value is -1.06. The largest absolute Gasteiger partial charge is 0.496 e. The molecule has 0 amide bonds. The van der Waals surface area contributed by atoms with Gasteiger partial charge in [-0.25, -0.2) is 0 Å². The lowest BCUT2D eigenvalue weighted by Crippen LogP contribution is -2.30. The average Bonchev–Trinajstić information content (AvgIpc) is 2.28. The molecule has 3 nitrogen and oxygen atoms in total. The van der Waals surface area contributed by atoms with Crippen molar-refractivity contribution in [2.24, 2.45) is 11.7 Å². The molecule has 2 N–H and O–H groups in total. The van der Waals surface area contributed by atoms with Crippen LogP contribution in [0.25, 0.3) is 0 Å². The summed E-state index contributed by atoms with van der Waals surface area (Å²) in [6, 6.07) is 6.29. The van der Waals surface area contributed by atoms with Crippen LogP contribution in [0.15, 0.2) is 18.2 Å². The maximum atomic E-state index is 5.91. The van der Waals surface area contributed by atoms with Crippen LogP contribution in [-0.4, -0.2) is 26.9 Å². The fourth-order valence-electron chi connectivity index (χ4n) is 2.35. The van der Waals surface area contributed by atoms with Gasteiger partial charge in [0.15, 0.2) is 0 Å². The first-order valence-electron chi connectivity index (χ1n) is 6.17. The summed E-state index contributed by atoms with van der Waals surface area (Å²) in [6.07, 6.45) is 1.09. The zero-order valence-electron chi connectivity index (χ0n) is 10.6. The maximum Gasteiger partial charge on any atom is 0.122 e. The molecule has 1 aromatic carbocycles. The third kappa shape index (κ3) is 2.79. The summed E-state index contributed by atoms with van der Waals surface area (Å²) < 4.78 is 10.7. The number of hydrogen-bond donors (Lipinski definition) is 1. The topological polar surface area (TPSA) is 44.5 Å². The van der Waals surface area contributed by atoms with E-state index in [1.165, 1.54) is 11.1 Å². The third-order valence-electron chi connectivity index (χ3n) is 3.43. The summed E-state index contributed by atoms with van der Waals surface area (Å²) in [5, 5.41) is 0. The van der Waals surface area contributed by atoms with Gasteiger partial charge in [0.25, 0.3) is 0 Å². The van der Waals surface area contributed by atoms with Crippen molar-refractivity contribution in [3.63, 3.8) is 0 Å². The van der Waals surface area contributed by atoms with E-state index in [-0.39, 0.29) is 0 Å². The fraction of sp³-hybridized carbons (Fsp3) is 0.571. The zero-order valence-corrected chi connectivity index (χ0v) is 10.6. The zero-order chi connectivity index (χ0) is 12.3. The van der Waals surface area contributed by atoms with Gasteiger partial charge in [-0.1, -0.05) is 17.7 Å². The molecule has 1 saturated heterocycles. The molecule has 1 fully saturated rings. The van der Waals surface area contributed by atoms with E-state index >= 15 is 0 Å². The van der Waals surface area contributed by atoms with Crippen molar-refractivity contribution in [3.05, 3.63) is 29.3 Å². The Kier molecular flexibility index (Phi) is 4.02. The van der Waals surface area contributed by atoms with Gasteiger partial charge >= 0.3 is 0 Å². The van der Waals surface area contributed by atoms with E-state index in [0.29, 0.717) is 18.4 Å². The van der Waals surface area contributed by atoms with Crippen molar-refractivity contribution in [2.75, 3.05) is 26.9 Å². The number of methoxy groups -OCH3 is 1. The van der Waals surface area contributed by atoms with Gasteiger partial charge in [-0.15, -0.1) is 0 Å². The third-order valence-corrected chi connectivity index (χ3v) is 3.43. The van der Waals surface area contributed by atoms with E-state index in [4.69, 9.17) is 15.2 Å². The lowest BCUT2D eigenvalue weighted by atomic mass is 9.87. The molecule has 0 radical (unpaired) electrons. The highest BCUT2D eigenvalue weighted by molar-refractivity contribution is 5.39. The predicted octanol–water partition coefficient (Wildman–Crippen LogP) is 2.08. The van der Waals surface area contributed by atoms with E-state index in [2.05, 4.69) is 19.1 Å². The Balaban J connectivity index is 2.18. The summed E-state index contributed by atoms with van der Waals surface area (Å²) in [4.78, 5) is 0. The highest BCUT2D eigenvalue weighted by Crippen LogP contribution is 2.33. The Morgan fingerprint density at radius 2 is 2.24 bits per heavy atom. The van der Waals surface area contributed by atoms with Crippen molar-refractivity contribution in [1.29, 1.82) is 0 Å².